The van der Waals surface area contributed by atoms with Crippen LogP contribution in [0.25, 0.3) is 0 Å². The molecule has 11 heavy (non-hydrogen) atoms. The highest BCUT2D eigenvalue weighted by atomic mass is 14.8. The number of allylic oxidation sites excluding steroid dienone is 1. The Kier molecular flexibility index (Phi) is 2.36. The van der Waals surface area contributed by atoms with E-state index in [0.717, 1.165) is 23.5 Å². The number of aryl methyl sites for hydroxylation is 2. The van der Waals surface area contributed by atoms with E-state index in [2.05, 4.69) is 16.5 Å². The summed E-state index contributed by atoms with van der Waals surface area (Å²) in [7, 11) is 0. The van der Waals surface area contributed by atoms with Crippen molar-refractivity contribution in [2.75, 3.05) is 0 Å². The molecular formula is C9H12N2. The Morgan fingerprint density at radius 3 is 2.73 bits per heavy atom. The topological polar surface area (TPSA) is 25.8 Å². The molecule has 0 aromatic carbocycles. The van der Waals surface area contributed by atoms with E-state index in [0.29, 0.717) is 0 Å². The van der Waals surface area contributed by atoms with Crippen LogP contribution < -0.4 is 0 Å². The Hall–Kier alpha value is -1.18. The number of hydrogen-bond donors (Lipinski definition) is 0. The number of hydrogen-bond acceptors (Lipinski definition) is 2. The summed E-state index contributed by atoms with van der Waals surface area (Å²) in [5.74, 6) is 0. The minimum Gasteiger partial charge on any atom is -0.258 e. The highest BCUT2D eigenvalue weighted by Gasteiger charge is 1.96. The predicted molar refractivity (Wildman–Crippen MR) is 45.4 cm³/mol. The van der Waals surface area contributed by atoms with Gasteiger partial charge in [-0.25, -0.2) is 0 Å². The molecule has 1 heterocycles. The molecule has 0 aliphatic carbocycles. The van der Waals surface area contributed by atoms with Gasteiger partial charge in [-0.05, 0) is 13.8 Å². The average molecular weight is 148 g/mol. The molecule has 2 heteroatoms. The van der Waals surface area contributed by atoms with Crippen LogP contribution in [0.3, 0.4) is 0 Å². The smallest absolute Gasteiger partial charge is 0.0627 e. The average Bonchev–Trinajstić information content (AvgIpc) is 1.98. The number of nitrogens with zero attached hydrogens (tertiary/aromatic N) is 2. The molecule has 0 spiro atoms. The van der Waals surface area contributed by atoms with Gasteiger partial charge in [0.1, 0.15) is 0 Å². The van der Waals surface area contributed by atoms with Crippen LogP contribution in [-0.2, 0) is 6.42 Å². The summed E-state index contributed by atoms with van der Waals surface area (Å²) in [5, 5.41) is 0. The minimum absolute atomic E-state index is 0.800. The first-order chi connectivity index (χ1) is 5.24. The summed E-state index contributed by atoms with van der Waals surface area (Å²) in [4.78, 5) is 8.52. The van der Waals surface area contributed by atoms with Gasteiger partial charge in [0, 0.05) is 12.6 Å². The summed E-state index contributed by atoms with van der Waals surface area (Å²) in [5.41, 5.74) is 2.99. The molecule has 0 amide bonds. The van der Waals surface area contributed by atoms with E-state index in [1.807, 2.05) is 19.9 Å². The molecule has 0 atom stereocenters. The van der Waals surface area contributed by atoms with Crippen molar-refractivity contribution in [3.63, 3.8) is 0 Å². The van der Waals surface area contributed by atoms with E-state index in [1.165, 1.54) is 0 Å². The second-order valence-corrected chi connectivity index (χ2v) is 2.52. The van der Waals surface area contributed by atoms with E-state index in [9.17, 15) is 0 Å². The first-order valence-corrected chi connectivity index (χ1v) is 3.64. The van der Waals surface area contributed by atoms with Crippen LogP contribution in [0.5, 0.6) is 0 Å². The number of aromatic nitrogens is 2. The lowest BCUT2D eigenvalue weighted by Crippen LogP contribution is -1.95. The Balaban J connectivity index is 2.95. The second-order valence-electron chi connectivity index (χ2n) is 2.52. The largest absolute Gasteiger partial charge is 0.258 e. The molecule has 1 aromatic heterocycles. The molecule has 0 radical (unpaired) electrons. The van der Waals surface area contributed by atoms with Gasteiger partial charge in [0.2, 0.25) is 0 Å². The summed E-state index contributed by atoms with van der Waals surface area (Å²) < 4.78 is 0. The quantitative estimate of drug-likeness (QED) is 0.598. The first kappa shape index (κ1) is 7.92. The van der Waals surface area contributed by atoms with Crippen molar-refractivity contribution in [3.05, 3.63) is 35.9 Å². The maximum Gasteiger partial charge on any atom is 0.0627 e. The van der Waals surface area contributed by atoms with Crippen molar-refractivity contribution in [2.45, 2.75) is 20.3 Å². The van der Waals surface area contributed by atoms with Crippen LogP contribution in [0, 0.1) is 13.8 Å². The fourth-order valence-corrected chi connectivity index (χ4v) is 0.836. The zero-order chi connectivity index (χ0) is 8.27. The van der Waals surface area contributed by atoms with Crippen LogP contribution in [0.1, 0.15) is 17.1 Å². The SMILES string of the molecule is C=CCc1cnc(C)c(C)n1. The summed E-state index contributed by atoms with van der Waals surface area (Å²) in [6.07, 6.45) is 4.43. The Bertz CT molecular complexity index is 266. The highest BCUT2D eigenvalue weighted by molar-refractivity contribution is 5.11. The predicted octanol–water partition coefficient (Wildman–Crippen LogP) is 1.82. The van der Waals surface area contributed by atoms with Gasteiger partial charge in [-0.3, -0.25) is 9.97 Å². The molecule has 2 nitrogen and oxygen atoms in total. The molecule has 0 aliphatic rings. The molecule has 0 aliphatic heterocycles. The molecule has 1 rings (SSSR count). The fraction of sp³-hybridized carbons (Fsp3) is 0.333. The molecule has 0 saturated carbocycles. The maximum atomic E-state index is 4.33. The van der Waals surface area contributed by atoms with Crippen molar-refractivity contribution < 1.29 is 0 Å². The summed E-state index contributed by atoms with van der Waals surface area (Å²) >= 11 is 0. The maximum absolute atomic E-state index is 4.33. The van der Waals surface area contributed by atoms with Gasteiger partial charge < -0.3 is 0 Å². The molecule has 1 aromatic rings. The molecular weight excluding hydrogens is 136 g/mol. The normalized spacial score (nSPS) is 9.64. The van der Waals surface area contributed by atoms with E-state index < -0.39 is 0 Å². The summed E-state index contributed by atoms with van der Waals surface area (Å²) in [6.45, 7) is 7.57. The molecule has 0 N–H and O–H groups in total. The first-order valence-electron chi connectivity index (χ1n) is 3.64. The minimum atomic E-state index is 0.800. The lowest BCUT2D eigenvalue weighted by molar-refractivity contribution is 0.972. The van der Waals surface area contributed by atoms with Crippen LogP contribution in [-0.4, -0.2) is 9.97 Å². The van der Waals surface area contributed by atoms with Crippen LogP contribution in [0.2, 0.25) is 0 Å². The fourth-order valence-electron chi connectivity index (χ4n) is 0.836. The van der Waals surface area contributed by atoms with Gasteiger partial charge in [-0.15, -0.1) is 6.58 Å². The van der Waals surface area contributed by atoms with Gasteiger partial charge in [0.15, 0.2) is 0 Å². The highest BCUT2D eigenvalue weighted by Crippen LogP contribution is 2.01. The van der Waals surface area contributed by atoms with Crippen molar-refractivity contribution in [1.82, 2.24) is 9.97 Å². The zero-order valence-electron chi connectivity index (χ0n) is 6.96. The summed E-state index contributed by atoms with van der Waals surface area (Å²) in [6, 6.07) is 0. The van der Waals surface area contributed by atoms with Crippen LogP contribution in [0.15, 0.2) is 18.9 Å². The molecule has 0 bridgehead atoms. The third kappa shape index (κ3) is 1.87. The zero-order valence-corrected chi connectivity index (χ0v) is 6.96. The van der Waals surface area contributed by atoms with Gasteiger partial charge in [-0.1, -0.05) is 6.08 Å². The second kappa shape index (κ2) is 3.28. The van der Waals surface area contributed by atoms with Crippen molar-refractivity contribution in [1.29, 1.82) is 0 Å². The van der Waals surface area contributed by atoms with E-state index in [1.54, 1.807) is 6.20 Å². The number of rotatable bonds is 2. The Labute approximate surface area is 67.0 Å². The molecule has 0 saturated heterocycles. The van der Waals surface area contributed by atoms with Crippen molar-refractivity contribution in [3.8, 4) is 0 Å². The van der Waals surface area contributed by atoms with Gasteiger partial charge >= 0.3 is 0 Å². The van der Waals surface area contributed by atoms with E-state index in [4.69, 9.17) is 0 Å². The molecule has 58 valence electrons. The Morgan fingerprint density at radius 1 is 1.45 bits per heavy atom. The molecule has 0 fully saturated rings. The van der Waals surface area contributed by atoms with Gasteiger partial charge in [-0.2, -0.15) is 0 Å². The van der Waals surface area contributed by atoms with E-state index in [-0.39, 0.29) is 0 Å². The van der Waals surface area contributed by atoms with Crippen molar-refractivity contribution >= 4 is 0 Å². The Morgan fingerprint density at radius 2 is 2.18 bits per heavy atom. The van der Waals surface area contributed by atoms with Crippen molar-refractivity contribution in [2.24, 2.45) is 0 Å². The van der Waals surface area contributed by atoms with E-state index >= 15 is 0 Å². The monoisotopic (exact) mass is 148 g/mol. The standard InChI is InChI=1S/C9H12N2/c1-4-5-9-6-10-7(2)8(3)11-9/h4,6H,1,5H2,2-3H3. The third-order valence-corrected chi connectivity index (χ3v) is 1.60. The lowest BCUT2D eigenvalue weighted by Gasteiger charge is -1.99. The lowest BCUT2D eigenvalue weighted by atomic mass is 10.3. The van der Waals surface area contributed by atoms with Gasteiger partial charge in [0.05, 0.1) is 17.1 Å². The van der Waals surface area contributed by atoms with Gasteiger partial charge in [0.25, 0.3) is 0 Å². The third-order valence-electron chi connectivity index (χ3n) is 1.60. The van der Waals surface area contributed by atoms with Crippen LogP contribution in [0.4, 0.5) is 0 Å². The molecule has 0 unspecified atom stereocenters. The van der Waals surface area contributed by atoms with Crippen LogP contribution >= 0.6 is 0 Å².